The molecule has 2 saturated heterocycles. The fourth-order valence-corrected chi connectivity index (χ4v) is 10.8. The summed E-state index contributed by atoms with van der Waals surface area (Å²) in [5, 5.41) is 5.19. The van der Waals surface area contributed by atoms with E-state index in [-0.39, 0.29) is 55.8 Å². The minimum absolute atomic E-state index is 0. The van der Waals surface area contributed by atoms with Gasteiger partial charge in [-0.25, -0.2) is 18.2 Å². The summed E-state index contributed by atoms with van der Waals surface area (Å²) < 4.78 is 100. The number of hydrogen-bond donors (Lipinski definition) is 3. The summed E-state index contributed by atoms with van der Waals surface area (Å²) in [4.78, 5) is 68.7. The lowest BCUT2D eigenvalue weighted by molar-refractivity contribution is -0.285. The van der Waals surface area contributed by atoms with Crippen molar-refractivity contribution < 1.29 is 68.7 Å². The van der Waals surface area contributed by atoms with Gasteiger partial charge in [0.15, 0.2) is 0 Å². The van der Waals surface area contributed by atoms with Crippen molar-refractivity contribution in [2.24, 2.45) is 5.92 Å². The second-order valence-electron chi connectivity index (χ2n) is 18.8. The van der Waals surface area contributed by atoms with Gasteiger partial charge < -0.3 is 39.2 Å². The summed E-state index contributed by atoms with van der Waals surface area (Å²) in [5.74, 6) is -2.26. The van der Waals surface area contributed by atoms with Crippen LogP contribution in [-0.2, 0) is 38.6 Å². The van der Waals surface area contributed by atoms with E-state index in [2.05, 4.69) is 20.3 Å². The van der Waals surface area contributed by atoms with Crippen LogP contribution in [0.4, 0.5) is 18.0 Å². The molecule has 3 N–H and O–H groups in total. The van der Waals surface area contributed by atoms with Crippen molar-refractivity contribution in [2.45, 2.75) is 138 Å². The number of hydrogen-bond acceptors (Lipinski definition) is 14. The normalized spacial score (nSPS) is 28.8. The average Bonchev–Trinajstić information content (AvgIpc) is 4.05. The Morgan fingerprint density at radius 3 is 2.48 bits per heavy atom. The van der Waals surface area contributed by atoms with Gasteiger partial charge in [0, 0.05) is 60.1 Å². The van der Waals surface area contributed by atoms with Crippen LogP contribution < -0.4 is 24.8 Å². The smallest absolute Gasteiger partial charge is 0.430 e. The fourth-order valence-electron chi connectivity index (χ4n) is 8.90. The summed E-state index contributed by atoms with van der Waals surface area (Å²) in [6.07, 6.45) is -2.50. The Hall–Kier alpha value is -5.32. The SMILES string of the molecule is CC[C@@H]1OCCC/C=C\[C@@H]2C[C@@]2(C(=O)NS(=O)(=O)C2(C)CC2)NC(=O)[C@@H]2C[C@@H](Oc3cc(-c4ccc(OC(C)C)cc4)nc(-c4cncs4)c3)CN2C(=O)[C@H]1NC(=O)OC1(C(F)(F)F)CCCOC1.[HH].[HH].[HH]. The van der Waals surface area contributed by atoms with E-state index in [1.807, 2.05) is 38.1 Å². The van der Waals surface area contributed by atoms with Crippen LogP contribution in [0.5, 0.6) is 11.5 Å². The zero-order valence-corrected chi connectivity index (χ0v) is 40.3. The summed E-state index contributed by atoms with van der Waals surface area (Å²) in [7, 11) is -4.12. The molecule has 0 bridgehead atoms. The van der Waals surface area contributed by atoms with Gasteiger partial charge in [-0.1, -0.05) is 19.1 Å². The molecule has 5 aliphatic rings. The van der Waals surface area contributed by atoms with Gasteiger partial charge in [-0.2, -0.15) is 13.2 Å². The van der Waals surface area contributed by atoms with Crippen LogP contribution in [0.2, 0.25) is 0 Å². The van der Waals surface area contributed by atoms with Crippen molar-refractivity contribution in [3.8, 4) is 33.3 Å². The molecule has 5 heterocycles. The Morgan fingerprint density at radius 1 is 1.07 bits per heavy atom. The topological polar surface area (TPSA) is 214 Å². The van der Waals surface area contributed by atoms with Gasteiger partial charge in [-0.15, -0.1) is 11.3 Å². The molecule has 22 heteroatoms. The predicted molar refractivity (Wildman–Crippen MR) is 252 cm³/mol. The molecule has 4 fully saturated rings. The van der Waals surface area contributed by atoms with Crippen molar-refractivity contribution in [3.63, 3.8) is 0 Å². The molecule has 69 heavy (non-hydrogen) atoms. The maximum atomic E-state index is 15.1. The van der Waals surface area contributed by atoms with Crippen molar-refractivity contribution in [2.75, 3.05) is 26.4 Å². The minimum Gasteiger partial charge on any atom is -0.491 e. The van der Waals surface area contributed by atoms with E-state index in [0.717, 1.165) is 15.3 Å². The molecule has 4 amide bonds. The first-order valence-corrected chi connectivity index (χ1v) is 25.6. The number of carbonyl (C=O) groups is 4. The first-order valence-electron chi connectivity index (χ1n) is 23.2. The number of rotatable bonds is 12. The summed E-state index contributed by atoms with van der Waals surface area (Å²) in [6, 6.07) is 7.65. The van der Waals surface area contributed by atoms with Crippen LogP contribution in [0.25, 0.3) is 21.8 Å². The van der Waals surface area contributed by atoms with Crippen LogP contribution in [0.1, 0.15) is 89.8 Å². The van der Waals surface area contributed by atoms with Crippen molar-refractivity contribution in [3.05, 3.63) is 60.3 Å². The van der Waals surface area contributed by atoms with E-state index >= 15 is 4.79 Å². The van der Waals surface area contributed by atoms with Crippen LogP contribution in [0, 0.1) is 5.92 Å². The Morgan fingerprint density at radius 2 is 1.83 bits per heavy atom. The van der Waals surface area contributed by atoms with E-state index in [4.69, 9.17) is 28.7 Å². The van der Waals surface area contributed by atoms with Gasteiger partial charge in [0.25, 0.3) is 5.91 Å². The van der Waals surface area contributed by atoms with E-state index < -0.39 is 99.1 Å². The Labute approximate surface area is 406 Å². The largest absolute Gasteiger partial charge is 0.491 e. The van der Waals surface area contributed by atoms with Gasteiger partial charge in [0.1, 0.15) is 35.2 Å². The molecule has 2 aromatic heterocycles. The number of nitrogens with one attached hydrogen (secondary N) is 3. The van der Waals surface area contributed by atoms with Crippen LogP contribution in [-0.4, -0.2) is 126 Å². The van der Waals surface area contributed by atoms with E-state index in [9.17, 15) is 36.0 Å². The monoisotopic (exact) mass is 1010 g/mol. The molecule has 0 radical (unpaired) electrons. The third-order valence-electron chi connectivity index (χ3n) is 13.3. The number of fused-ring (bicyclic) bond motifs is 2. The predicted octanol–water partition coefficient (Wildman–Crippen LogP) is 6.97. The van der Waals surface area contributed by atoms with Crippen LogP contribution in [0.3, 0.4) is 0 Å². The number of alkyl carbamates (subject to hydrolysis) is 1. The molecular formula is C47H63F3N6O11S2. The molecule has 17 nitrogen and oxygen atoms in total. The molecule has 3 aliphatic heterocycles. The number of nitrogens with zero attached hydrogens (tertiary/aromatic N) is 3. The fraction of sp³-hybridized carbons (Fsp3) is 0.574. The van der Waals surface area contributed by atoms with E-state index in [1.54, 1.807) is 42.9 Å². The molecule has 7 atom stereocenters. The van der Waals surface area contributed by atoms with Gasteiger partial charge in [-0.3, -0.25) is 24.1 Å². The quantitative estimate of drug-likeness (QED) is 0.157. The standard InChI is InChI=1S/C47H57F3N6O11S2.3H2/c1-5-37-39(53-43(60)67-45(47(48,49)50)15-9-18-63-26-45)41(58)56-25-33(66-32-20-34(52-35(21-32)38-24-51-27-68-38)29-11-13-31(14-12-29)65-28(2)3)22-36(56)40(57)54-46(23-30(46)10-7-6-8-19-64-37)42(59)55-69(61,62)44(4)16-17-44;;;/h7,10-14,20-21,24,27-28,30,33,36-37,39H,5-6,8-9,15-19,22-23,25-26H2,1-4H3,(H,53,60)(H,54,57)(H,55,59);3*1H/b10-7-;;;/t30-,33-,36+,37+,39+,45?,46-;;;/m1.../s1. The molecule has 1 aromatic carbocycles. The maximum absolute atomic E-state index is 15.1. The van der Waals surface area contributed by atoms with Gasteiger partial charge in [0.05, 0.1) is 51.9 Å². The Kier molecular flexibility index (Phi) is 14.4. The van der Waals surface area contributed by atoms with Crippen molar-refractivity contribution in [1.82, 2.24) is 30.2 Å². The number of thiazole rings is 1. The van der Waals surface area contributed by atoms with Crippen LogP contribution >= 0.6 is 11.3 Å². The molecular weight excluding hydrogens is 946 g/mol. The number of allylic oxidation sites excluding steroid dienone is 1. The molecule has 8 rings (SSSR count). The van der Waals surface area contributed by atoms with Crippen molar-refractivity contribution in [1.29, 1.82) is 0 Å². The molecule has 2 saturated carbocycles. The number of halogens is 3. The lowest BCUT2D eigenvalue weighted by Gasteiger charge is -2.38. The number of carbonyl (C=O) groups excluding carboxylic acids is 4. The summed E-state index contributed by atoms with van der Waals surface area (Å²) in [6.45, 7) is 5.94. The summed E-state index contributed by atoms with van der Waals surface area (Å²) >= 11 is 1.35. The molecule has 3 aromatic rings. The highest BCUT2D eigenvalue weighted by atomic mass is 32.2. The Balaban J connectivity index is 0.00000321. The lowest BCUT2D eigenvalue weighted by atomic mass is 9.96. The average molecular weight is 1010 g/mol. The number of pyridine rings is 1. The zero-order chi connectivity index (χ0) is 49.4. The van der Waals surface area contributed by atoms with Crippen LogP contribution in [0.15, 0.2) is 60.3 Å². The molecule has 380 valence electrons. The second-order valence-corrected chi connectivity index (χ2v) is 21.9. The van der Waals surface area contributed by atoms with Gasteiger partial charge in [-0.05, 0) is 90.0 Å². The zero-order valence-electron chi connectivity index (χ0n) is 38.7. The molecule has 2 aliphatic carbocycles. The number of alkyl halides is 3. The second kappa shape index (κ2) is 19.8. The highest BCUT2D eigenvalue weighted by Crippen LogP contribution is 2.48. The lowest BCUT2D eigenvalue weighted by Crippen LogP contribution is -2.62. The first kappa shape index (κ1) is 50.1. The third kappa shape index (κ3) is 10.9. The first-order chi connectivity index (χ1) is 32.7. The van der Waals surface area contributed by atoms with Crippen molar-refractivity contribution >= 4 is 45.2 Å². The van der Waals surface area contributed by atoms with Gasteiger partial charge in [0.2, 0.25) is 27.4 Å². The molecule has 1 unspecified atom stereocenters. The number of sulfonamides is 1. The van der Waals surface area contributed by atoms with E-state index in [1.165, 1.54) is 18.3 Å². The number of ether oxygens (including phenoxy) is 5. The third-order valence-corrected chi connectivity index (χ3v) is 16.2. The molecule has 0 spiro atoms. The highest BCUT2D eigenvalue weighted by molar-refractivity contribution is 7.91. The Bertz CT molecular complexity index is 2540. The highest BCUT2D eigenvalue weighted by Gasteiger charge is 2.63. The minimum atomic E-state index is -5.01. The van der Waals surface area contributed by atoms with E-state index in [0.29, 0.717) is 48.6 Å². The number of benzene rings is 1. The summed E-state index contributed by atoms with van der Waals surface area (Å²) in [5.41, 5.74) is -1.25. The number of aromatic nitrogens is 2. The maximum Gasteiger partial charge on any atom is 0.430 e. The number of amides is 4. The van der Waals surface area contributed by atoms with Gasteiger partial charge >= 0.3 is 12.3 Å².